The van der Waals surface area contributed by atoms with Crippen LogP contribution in [-0.4, -0.2) is 35.3 Å². The van der Waals surface area contributed by atoms with E-state index in [1.54, 1.807) is 0 Å². The Hall–Kier alpha value is -0.220. The molecular formula is C11H20O3S. The maximum Gasteiger partial charge on any atom is 0.303 e. The van der Waals surface area contributed by atoms with Gasteiger partial charge in [-0.3, -0.25) is 4.79 Å². The molecule has 1 aliphatic heterocycles. The van der Waals surface area contributed by atoms with Gasteiger partial charge in [0.05, 0.1) is 6.10 Å². The molecule has 0 aromatic rings. The first kappa shape index (κ1) is 12.8. The standard InChI is InChI=1S/C11H20O3S/c12-11(13)6-2-1-3-8-15-9-10-5-4-7-14-10/h10H,1-9H2,(H,12,13). The molecule has 0 aliphatic carbocycles. The molecule has 0 spiro atoms. The first-order valence-electron chi connectivity index (χ1n) is 5.70. The number of carboxylic acid groups (broad SMARTS) is 1. The highest BCUT2D eigenvalue weighted by Gasteiger charge is 2.14. The van der Waals surface area contributed by atoms with E-state index in [1.165, 1.54) is 12.8 Å². The summed E-state index contributed by atoms with van der Waals surface area (Å²) in [7, 11) is 0. The lowest BCUT2D eigenvalue weighted by Crippen LogP contribution is -2.08. The van der Waals surface area contributed by atoms with Gasteiger partial charge in [0.25, 0.3) is 0 Å². The van der Waals surface area contributed by atoms with Crippen molar-refractivity contribution in [1.82, 2.24) is 0 Å². The maximum absolute atomic E-state index is 10.2. The summed E-state index contributed by atoms with van der Waals surface area (Å²) in [6.07, 6.45) is 6.20. The second kappa shape index (κ2) is 7.99. The zero-order chi connectivity index (χ0) is 10.9. The lowest BCUT2D eigenvalue weighted by atomic mass is 10.2. The van der Waals surface area contributed by atoms with Gasteiger partial charge < -0.3 is 9.84 Å². The predicted molar refractivity (Wildman–Crippen MR) is 62.4 cm³/mol. The van der Waals surface area contributed by atoms with Gasteiger partial charge in [-0.05, 0) is 31.4 Å². The largest absolute Gasteiger partial charge is 0.481 e. The molecule has 1 unspecified atom stereocenters. The molecule has 88 valence electrons. The van der Waals surface area contributed by atoms with E-state index in [4.69, 9.17) is 9.84 Å². The van der Waals surface area contributed by atoms with Crippen LogP contribution in [0.5, 0.6) is 0 Å². The fourth-order valence-corrected chi connectivity index (χ4v) is 2.75. The molecule has 0 bridgehead atoms. The van der Waals surface area contributed by atoms with Gasteiger partial charge in [0.1, 0.15) is 0 Å². The third kappa shape index (κ3) is 6.79. The van der Waals surface area contributed by atoms with Crippen molar-refractivity contribution in [1.29, 1.82) is 0 Å². The SMILES string of the molecule is O=C(O)CCCCCSCC1CCCO1. The Kier molecular flexibility index (Phi) is 6.85. The van der Waals surface area contributed by atoms with Crippen molar-refractivity contribution in [2.75, 3.05) is 18.1 Å². The maximum atomic E-state index is 10.2. The van der Waals surface area contributed by atoms with Crippen molar-refractivity contribution in [3.63, 3.8) is 0 Å². The van der Waals surface area contributed by atoms with Gasteiger partial charge >= 0.3 is 5.97 Å². The van der Waals surface area contributed by atoms with Crippen molar-refractivity contribution in [2.24, 2.45) is 0 Å². The second-order valence-electron chi connectivity index (χ2n) is 3.91. The molecule has 1 fully saturated rings. The minimum absolute atomic E-state index is 0.316. The number of unbranched alkanes of at least 4 members (excludes halogenated alkanes) is 2. The molecule has 4 heteroatoms. The zero-order valence-corrected chi connectivity index (χ0v) is 9.93. The van der Waals surface area contributed by atoms with Gasteiger partial charge in [0.2, 0.25) is 0 Å². The van der Waals surface area contributed by atoms with Crippen molar-refractivity contribution < 1.29 is 14.6 Å². The molecule has 3 nitrogen and oxygen atoms in total. The van der Waals surface area contributed by atoms with E-state index in [9.17, 15) is 4.79 Å². The van der Waals surface area contributed by atoms with Gasteiger partial charge in [-0.2, -0.15) is 11.8 Å². The Morgan fingerprint density at radius 3 is 2.93 bits per heavy atom. The third-order valence-electron chi connectivity index (χ3n) is 2.51. The van der Waals surface area contributed by atoms with Crippen LogP contribution < -0.4 is 0 Å². The van der Waals surface area contributed by atoms with Gasteiger partial charge in [0.15, 0.2) is 0 Å². The van der Waals surface area contributed by atoms with Gasteiger partial charge in [-0.1, -0.05) is 6.42 Å². The Labute approximate surface area is 95.6 Å². The zero-order valence-electron chi connectivity index (χ0n) is 9.11. The Morgan fingerprint density at radius 1 is 1.40 bits per heavy atom. The summed E-state index contributed by atoms with van der Waals surface area (Å²) in [4.78, 5) is 10.2. The fourth-order valence-electron chi connectivity index (χ4n) is 1.65. The summed E-state index contributed by atoms with van der Waals surface area (Å²) in [5.41, 5.74) is 0. The molecule has 1 N–H and O–H groups in total. The topological polar surface area (TPSA) is 46.5 Å². The highest BCUT2D eigenvalue weighted by Crippen LogP contribution is 2.18. The van der Waals surface area contributed by atoms with Crippen molar-refractivity contribution >= 4 is 17.7 Å². The van der Waals surface area contributed by atoms with Crippen LogP contribution in [0, 0.1) is 0 Å². The highest BCUT2D eigenvalue weighted by molar-refractivity contribution is 7.99. The number of carboxylic acids is 1. The smallest absolute Gasteiger partial charge is 0.303 e. The normalized spacial score (nSPS) is 20.7. The lowest BCUT2D eigenvalue weighted by Gasteiger charge is -2.07. The number of hydrogen-bond donors (Lipinski definition) is 1. The van der Waals surface area contributed by atoms with Crippen LogP contribution in [0.1, 0.15) is 38.5 Å². The number of aliphatic carboxylic acids is 1. The summed E-state index contributed by atoms with van der Waals surface area (Å²) in [5.74, 6) is 1.57. The molecule has 0 radical (unpaired) electrons. The molecule has 0 aromatic carbocycles. The van der Waals surface area contributed by atoms with Crippen LogP contribution in [0.2, 0.25) is 0 Å². The van der Waals surface area contributed by atoms with Gasteiger partial charge in [0, 0.05) is 18.8 Å². The lowest BCUT2D eigenvalue weighted by molar-refractivity contribution is -0.137. The van der Waals surface area contributed by atoms with E-state index in [2.05, 4.69) is 0 Å². The molecule has 1 heterocycles. The molecule has 1 atom stereocenters. The molecule has 1 rings (SSSR count). The number of ether oxygens (including phenoxy) is 1. The summed E-state index contributed by atoms with van der Waals surface area (Å²) >= 11 is 1.94. The van der Waals surface area contributed by atoms with E-state index in [1.807, 2.05) is 11.8 Å². The summed E-state index contributed by atoms with van der Waals surface area (Å²) in [5, 5.41) is 8.44. The molecule has 1 aliphatic rings. The molecule has 0 saturated carbocycles. The molecule has 15 heavy (non-hydrogen) atoms. The van der Waals surface area contributed by atoms with E-state index >= 15 is 0 Å². The Balaban J connectivity index is 1.78. The second-order valence-corrected chi connectivity index (χ2v) is 5.06. The number of rotatable bonds is 8. The molecule has 0 aromatic heterocycles. The van der Waals surface area contributed by atoms with Crippen LogP contribution in [0.3, 0.4) is 0 Å². The number of thioether (sulfide) groups is 1. The number of hydrogen-bond acceptors (Lipinski definition) is 3. The third-order valence-corrected chi connectivity index (χ3v) is 3.69. The average Bonchev–Trinajstić information content (AvgIpc) is 2.68. The predicted octanol–water partition coefficient (Wildman–Crippen LogP) is 2.54. The minimum atomic E-state index is -0.679. The molecule has 1 saturated heterocycles. The van der Waals surface area contributed by atoms with E-state index < -0.39 is 5.97 Å². The van der Waals surface area contributed by atoms with Crippen molar-refractivity contribution in [2.45, 2.75) is 44.6 Å². The van der Waals surface area contributed by atoms with Crippen LogP contribution in [0.4, 0.5) is 0 Å². The van der Waals surface area contributed by atoms with E-state index in [0.717, 1.165) is 37.4 Å². The summed E-state index contributed by atoms with van der Waals surface area (Å²) in [6, 6.07) is 0. The van der Waals surface area contributed by atoms with E-state index in [-0.39, 0.29) is 0 Å². The Bertz CT molecular complexity index is 179. The quantitative estimate of drug-likeness (QED) is 0.653. The first-order chi connectivity index (χ1) is 7.29. The van der Waals surface area contributed by atoms with Crippen molar-refractivity contribution in [3.8, 4) is 0 Å². The summed E-state index contributed by atoms with van der Waals surface area (Å²) < 4.78 is 5.51. The number of carbonyl (C=O) groups is 1. The van der Waals surface area contributed by atoms with Crippen LogP contribution in [0.25, 0.3) is 0 Å². The van der Waals surface area contributed by atoms with Crippen LogP contribution >= 0.6 is 11.8 Å². The highest BCUT2D eigenvalue weighted by atomic mass is 32.2. The Morgan fingerprint density at radius 2 is 2.27 bits per heavy atom. The minimum Gasteiger partial charge on any atom is -0.481 e. The first-order valence-corrected chi connectivity index (χ1v) is 6.85. The van der Waals surface area contributed by atoms with E-state index in [0.29, 0.717) is 12.5 Å². The molecule has 0 amide bonds. The van der Waals surface area contributed by atoms with Gasteiger partial charge in [-0.15, -0.1) is 0 Å². The van der Waals surface area contributed by atoms with Crippen LogP contribution in [0.15, 0.2) is 0 Å². The fraction of sp³-hybridized carbons (Fsp3) is 0.909. The van der Waals surface area contributed by atoms with Crippen LogP contribution in [-0.2, 0) is 9.53 Å². The molecular weight excluding hydrogens is 212 g/mol. The van der Waals surface area contributed by atoms with Crippen molar-refractivity contribution in [3.05, 3.63) is 0 Å². The monoisotopic (exact) mass is 232 g/mol. The average molecular weight is 232 g/mol. The van der Waals surface area contributed by atoms with Gasteiger partial charge in [-0.25, -0.2) is 0 Å². The summed E-state index contributed by atoms with van der Waals surface area (Å²) in [6.45, 7) is 0.934.